The Bertz CT molecular complexity index is 576. The fraction of sp³-hybridized carbons (Fsp3) is 0.467. The molecule has 0 unspecified atom stereocenters. The lowest BCUT2D eigenvalue weighted by atomic mass is 10.2. The van der Waals surface area contributed by atoms with Gasteiger partial charge in [0.15, 0.2) is 0 Å². The largest absolute Gasteiger partial charge is 0.349 e. The van der Waals surface area contributed by atoms with Crippen molar-refractivity contribution in [3.63, 3.8) is 0 Å². The first-order chi connectivity index (χ1) is 10.3. The summed E-state index contributed by atoms with van der Waals surface area (Å²) in [5, 5.41) is 3.24. The summed E-state index contributed by atoms with van der Waals surface area (Å²) in [4.78, 5) is 24.8. The number of nitrogens with zero attached hydrogens (tertiary/aromatic N) is 1. The lowest BCUT2D eigenvalue weighted by Crippen LogP contribution is -2.23. The molecule has 1 atom stereocenters. The monoisotopic (exact) mass is 344 g/mol. The van der Waals surface area contributed by atoms with E-state index < -0.39 is 10.8 Å². The second kappa shape index (κ2) is 8.90. The molecule has 0 aliphatic rings. The maximum absolute atomic E-state index is 11.9. The second-order valence-electron chi connectivity index (χ2n) is 5.19. The number of halogens is 1. The topological polar surface area (TPSA) is 66.5 Å². The summed E-state index contributed by atoms with van der Waals surface area (Å²) in [7, 11) is 2.08. The van der Waals surface area contributed by atoms with Crippen molar-refractivity contribution < 1.29 is 13.8 Å². The lowest BCUT2D eigenvalue weighted by Gasteiger charge is -2.10. The van der Waals surface area contributed by atoms with E-state index in [2.05, 4.69) is 5.32 Å². The lowest BCUT2D eigenvalue weighted by molar-refractivity contribution is -0.128. The Kier molecular flexibility index (Phi) is 7.55. The molecule has 0 aliphatic carbocycles. The number of benzene rings is 1. The summed E-state index contributed by atoms with van der Waals surface area (Å²) < 4.78 is 11.8. The number of hydrogen-bond acceptors (Lipinski definition) is 3. The van der Waals surface area contributed by atoms with Crippen LogP contribution in [0.2, 0.25) is 5.02 Å². The molecule has 0 bridgehead atoms. The third-order valence-electron chi connectivity index (χ3n) is 3.03. The highest BCUT2D eigenvalue weighted by molar-refractivity contribution is 7.85. The van der Waals surface area contributed by atoms with Gasteiger partial charge < -0.3 is 10.2 Å². The van der Waals surface area contributed by atoms with Gasteiger partial charge in [0, 0.05) is 47.8 Å². The van der Waals surface area contributed by atoms with Crippen molar-refractivity contribution >= 4 is 39.9 Å². The molecule has 7 heteroatoms. The Labute approximate surface area is 138 Å². The van der Waals surface area contributed by atoms with Crippen LogP contribution in [0.25, 0.3) is 0 Å². The molecule has 122 valence electrons. The third kappa shape index (κ3) is 6.58. The van der Waals surface area contributed by atoms with E-state index in [0.717, 1.165) is 5.56 Å². The van der Waals surface area contributed by atoms with Crippen LogP contribution in [0.1, 0.15) is 18.4 Å². The zero-order valence-electron chi connectivity index (χ0n) is 13.0. The smallest absolute Gasteiger partial charge is 0.236 e. The number of carbonyl (C=O) groups excluding carboxylic acids is 2. The highest BCUT2D eigenvalue weighted by Gasteiger charge is 2.11. The van der Waals surface area contributed by atoms with E-state index in [1.165, 1.54) is 4.90 Å². The van der Waals surface area contributed by atoms with Crippen LogP contribution in [0.3, 0.4) is 0 Å². The maximum atomic E-state index is 11.9. The average Bonchev–Trinajstić information content (AvgIpc) is 2.42. The number of aryl methyl sites for hydroxylation is 1. The molecule has 1 N–H and O–H groups in total. The number of carbonyl (C=O) groups is 2. The van der Waals surface area contributed by atoms with Crippen molar-refractivity contribution in [2.24, 2.45) is 0 Å². The van der Waals surface area contributed by atoms with Gasteiger partial charge in [0.2, 0.25) is 11.8 Å². The molecule has 5 nitrogen and oxygen atoms in total. The van der Waals surface area contributed by atoms with Gasteiger partial charge in [-0.15, -0.1) is 0 Å². The summed E-state index contributed by atoms with van der Waals surface area (Å²) in [5.74, 6) is -0.0671. The molecule has 0 aromatic heterocycles. The third-order valence-corrected chi connectivity index (χ3v) is 4.59. The minimum absolute atomic E-state index is 0.00370. The second-order valence-corrected chi connectivity index (χ2v) is 7.20. The van der Waals surface area contributed by atoms with Crippen molar-refractivity contribution in [3.8, 4) is 0 Å². The van der Waals surface area contributed by atoms with E-state index in [0.29, 0.717) is 29.3 Å². The van der Waals surface area contributed by atoms with E-state index in [4.69, 9.17) is 11.6 Å². The first kappa shape index (κ1) is 18.6. The van der Waals surface area contributed by atoms with Gasteiger partial charge >= 0.3 is 0 Å². The van der Waals surface area contributed by atoms with E-state index in [1.54, 1.807) is 26.2 Å². The van der Waals surface area contributed by atoms with Gasteiger partial charge in [-0.3, -0.25) is 13.8 Å². The molecule has 0 spiro atoms. The maximum Gasteiger partial charge on any atom is 0.236 e. The zero-order chi connectivity index (χ0) is 16.7. The summed E-state index contributed by atoms with van der Waals surface area (Å²) >= 11 is 5.88. The van der Waals surface area contributed by atoms with Crippen LogP contribution in [0.5, 0.6) is 0 Å². The summed E-state index contributed by atoms with van der Waals surface area (Å²) in [6, 6.07) is 5.21. The Morgan fingerprint density at radius 3 is 2.64 bits per heavy atom. The molecule has 0 radical (unpaired) electrons. The predicted octanol–water partition coefficient (Wildman–Crippen LogP) is 2.20. The minimum Gasteiger partial charge on any atom is -0.349 e. The first-order valence-corrected chi connectivity index (χ1v) is 8.77. The van der Waals surface area contributed by atoms with Crippen LogP contribution in [-0.2, 0) is 20.4 Å². The van der Waals surface area contributed by atoms with Crippen molar-refractivity contribution in [2.75, 3.05) is 30.9 Å². The van der Waals surface area contributed by atoms with E-state index in [-0.39, 0.29) is 17.6 Å². The van der Waals surface area contributed by atoms with Crippen LogP contribution in [0.4, 0.5) is 5.69 Å². The number of anilines is 1. The van der Waals surface area contributed by atoms with Crippen molar-refractivity contribution in [1.29, 1.82) is 0 Å². The normalized spacial score (nSPS) is 11.8. The number of amides is 2. The molecule has 1 aromatic carbocycles. The SMILES string of the molecule is Cc1ccc(Cl)cc1NC(=O)C[S@](=O)CCCC(=O)N(C)C. The van der Waals surface area contributed by atoms with Crippen molar-refractivity contribution in [1.82, 2.24) is 4.90 Å². The fourth-order valence-corrected chi connectivity index (χ4v) is 2.89. The predicted molar refractivity (Wildman–Crippen MR) is 90.6 cm³/mol. The summed E-state index contributed by atoms with van der Waals surface area (Å²) in [6.07, 6.45) is 0.848. The molecule has 0 saturated carbocycles. The number of nitrogens with one attached hydrogen (secondary N) is 1. The van der Waals surface area contributed by atoms with Crippen LogP contribution in [0, 0.1) is 6.92 Å². The van der Waals surface area contributed by atoms with E-state index in [1.807, 2.05) is 13.0 Å². The minimum atomic E-state index is -1.28. The molecular weight excluding hydrogens is 324 g/mol. The van der Waals surface area contributed by atoms with Gasteiger partial charge in [0.1, 0.15) is 5.75 Å². The van der Waals surface area contributed by atoms with Crippen LogP contribution in [0.15, 0.2) is 18.2 Å². The number of hydrogen-bond donors (Lipinski definition) is 1. The molecule has 0 saturated heterocycles. The van der Waals surface area contributed by atoms with Crippen LogP contribution < -0.4 is 5.32 Å². The Hall–Kier alpha value is -1.40. The van der Waals surface area contributed by atoms with Crippen molar-refractivity contribution in [3.05, 3.63) is 28.8 Å². The van der Waals surface area contributed by atoms with Gasteiger partial charge in [0.05, 0.1) is 0 Å². The Balaban J connectivity index is 2.40. The standard InChI is InChI=1S/C15H21ClN2O3S/c1-11-6-7-12(16)9-13(11)17-14(19)10-22(21)8-4-5-15(20)18(2)3/h6-7,9H,4-5,8,10H2,1-3H3,(H,17,19)/t22-/m1/s1. The average molecular weight is 345 g/mol. The zero-order valence-corrected chi connectivity index (χ0v) is 14.6. The molecule has 1 rings (SSSR count). The van der Waals surface area contributed by atoms with Crippen LogP contribution >= 0.6 is 11.6 Å². The molecule has 2 amide bonds. The fourth-order valence-electron chi connectivity index (χ4n) is 1.74. The van der Waals surface area contributed by atoms with Gasteiger partial charge in [-0.1, -0.05) is 17.7 Å². The summed E-state index contributed by atoms with van der Waals surface area (Å²) in [6.45, 7) is 1.86. The highest BCUT2D eigenvalue weighted by atomic mass is 35.5. The summed E-state index contributed by atoms with van der Waals surface area (Å²) in [5.41, 5.74) is 1.51. The van der Waals surface area contributed by atoms with Gasteiger partial charge in [-0.25, -0.2) is 0 Å². The molecule has 0 heterocycles. The van der Waals surface area contributed by atoms with Gasteiger partial charge in [-0.05, 0) is 31.0 Å². The highest BCUT2D eigenvalue weighted by Crippen LogP contribution is 2.20. The molecule has 22 heavy (non-hydrogen) atoms. The van der Waals surface area contributed by atoms with Crippen molar-refractivity contribution in [2.45, 2.75) is 19.8 Å². The van der Waals surface area contributed by atoms with Crippen LogP contribution in [-0.4, -0.2) is 46.5 Å². The van der Waals surface area contributed by atoms with Gasteiger partial charge in [0.25, 0.3) is 0 Å². The first-order valence-electron chi connectivity index (χ1n) is 6.90. The molecule has 0 fully saturated rings. The van der Waals surface area contributed by atoms with E-state index >= 15 is 0 Å². The Morgan fingerprint density at radius 2 is 2.00 bits per heavy atom. The molecule has 1 aromatic rings. The van der Waals surface area contributed by atoms with E-state index in [9.17, 15) is 13.8 Å². The quantitative estimate of drug-likeness (QED) is 0.824. The Morgan fingerprint density at radius 1 is 1.32 bits per heavy atom. The number of rotatable bonds is 7. The van der Waals surface area contributed by atoms with Gasteiger partial charge in [-0.2, -0.15) is 0 Å². The molecule has 0 aliphatic heterocycles. The molecular formula is C15H21ClN2O3S.